The molecule has 36 heavy (non-hydrogen) atoms. The molecular formula is C25H22ClN9O. The van der Waals surface area contributed by atoms with Crippen molar-refractivity contribution in [2.24, 2.45) is 0 Å². The number of nitrogens with two attached hydrogens (primary N) is 1. The number of amides is 1. The number of H-pyrrole nitrogens is 2. The molecule has 4 aromatic heterocycles. The first-order valence-electron chi connectivity index (χ1n) is 11.5. The molecular weight excluding hydrogens is 478 g/mol. The molecule has 6 aromatic rings. The SMILES string of the molecule is CCc1nc2ccc(C(=O)NCc3cc4cc(Cl)cc(Cn5cnc6c(N)ncnc65)c4[nH]3)cc2[nH]1. The summed E-state index contributed by atoms with van der Waals surface area (Å²) < 4.78 is 1.90. The third kappa shape index (κ3) is 3.91. The van der Waals surface area contributed by atoms with Crippen LogP contribution in [0.2, 0.25) is 5.02 Å². The lowest BCUT2D eigenvalue weighted by atomic mass is 10.1. The smallest absolute Gasteiger partial charge is 0.251 e. The number of hydrogen-bond acceptors (Lipinski definition) is 6. The molecule has 1 amide bonds. The Kier molecular flexibility index (Phi) is 5.30. The molecule has 0 radical (unpaired) electrons. The third-order valence-corrected chi connectivity index (χ3v) is 6.39. The number of hydrogen-bond donors (Lipinski definition) is 4. The molecule has 0 unspecified atom stereocenters. The Bertz CT molecular complexity index is 1760. The van der Waals surface area contributed by atoms with Crippen LogP contribution in [-0.2, 0) is 19.5 Å². The van der Waals surface area contributed by atoms with Gasteiger partial charge in [0.2, 0.25) is 0 Å². The van der Waals surface area contributed by atoms with Crippen LogP contribution in [-0.4, -0.2) is 40.4 Å². The monoisotopic (exact) mass is 499 g/mol. The zero-order valence-corrected chi connectivity index (χ0v) is 20.1. The van der Waals surface area contributed by atoms with Gasteiger partial charge < -0.3 is 25.6 Å². The van der Waals surface area contributed by atoms with E-state index in [2.05, 4.69) is 35.2 Å². The van der Waals surface area contributed by atoms with Crippen LogP contribution in [0.15, 0.2) is 49.1 Å². The van der Waals surface area contributed by atoms with E-state index in [4.69, 9.17) is 17.3 Å². The number of halogens is 1. The van der Waals surface area contributed by atoms with Crippen molar-refractivity contribution in [1.29, 1.82) is 0 Å². The summed E-state index contributed by atoms with van der Waals surface area (Å²) in [5, 5.41) is 4.55. The van der Waals surface area contributed by atoms with E-state index < -0.39 is 0 Å². The number of aryl methyl sites for hydroxylation is 1. The number of nitrogens with one attached hydrogen (secondary N) is 3. The van der Waals surface area contributed by atoms with Crippen LogP contribution < -0.4 is 11.1 Å². The van der Waals surface area contributed by atoms with Crippen LogP contribution in [0.5, 0.6) is 0 Å². The molecule has 180 valence electrons. The van der Waals surface area contributed by atoms with Crippen LogP contribution >= 0.6 is 11.6 Å². The molecule has 2 aromatic carbocycles. The van der Waals surface area contributed by atoms with Crippen LogP contribution in [0.1, 0.15) is 34.4 Å². The Labute approximate surface area is 209 Å². The van der Waals surface area contributed by atoms with Crippen molar-refractivity contribution in [2.75, 3.05) is 5.73 Å². The average molecular weight is 500 g/mol. The molecule has 6 rings (SSSR count). The number of carbonyl (C=O) groups excluding carboxylic acids is 1. The number of nitrogen functional groups attached to an aromatic ring is 1. The highest BCUT2D eigenvalue weighted by Crippen LogP contribution is 2.27. The second-order valence-electron chi connectivity index (χ2n) is 8.58. The molecule has 0 saturated carbocycles. The summed E-state index contributed by atoms with van der Waals surface area (Å²) in [5.41, 5.74) is 12.2. The lowest BCUT2D eigenvalue weighted by Crippen LogP contribution is -2.22. The van der Waals surface area contributed by atoms with E-state index in [0.29, 0.717) is 40.7 Å². The first-order chi connectivity index (χ1) is 17.5. The van der Waals surface area contributed by atoms with E-state index in [1.807, 2.05) is 41.8 Å². The maximum atomic E-state index is 12.8. The summed E-state index contributed by atoms with van der Waals surface area (Å²) in [6.07, 6.45) is 3.92. The number of anilines is 1. The summed E-state index contributed by atoms with van der Waals surface area (Å²) in [5.74, 6) is 1.07. The fourth-order valence-electron chi connectivity index (χ4n) is 4.40. The summed E-state index contributed by atoms with van der Waals surface area (Å²) in [4.78, 5) is 36.6. The van der Waals surface area contributed by atoms with Gasteiger partial charge in [0.15, 0.2) is 11.5 Å². The van der Waals surface area contributed by atoms with Gasteiger partial charge in [-0.05, 0) is 42.0 Å². The Hall–Kier alpha value is -4.44. The van der Waals surface area contributed by atoms with Crippen molar-refractivity contribution in [3.63, 3.8) is 0 Å². The van der Waals surface area contributed by atoms with E-state index in [9.17, 15) is 4.79 Å². The van der Waals surface area contributed by atoms with E-state index in [0.717, 1.165) is 45.4 Å². The van der Waals surface area contributed by atoms with Crippen LogP contribution in [0.3, 0.4) is 0 Å². The second kappa shape index (κ2) is 8.65. The van der Waals surface area contributed by atoms with E-state index in [1.54, 1.807) is 12.4 Å². The lowest BCUT2D eigenvalue weighted by Gasteiger charge is -2.07. The summed E-state index contributed by atoms with van der Waals surface area (Å²) >= 11 is 6.42. The normalized spacial score (nSPS) is 11.6. The number of imidazole rings is 2. The second-order valence-corrected chi connectivity index (χ2v) is 9.02. The molecule has 0 fully saturated rings. The molecule has 0 saturated heterocycles. The van der Waals surface area contributed by atoms with Crippen molar-refractivity contribution < 1.29 is 4.79 Å². The molecule has 4 heterocycles. The molecule has 0 atom stereocenters. The highest BCUT2D eigenvalue weighted by Gasteiger charge is 2.14. The first-order valence-corrected chi connectivity index (χ1v) is 11.8. The van der Waals surface area contributed by atoms with E-state index in [-0.39, 0.29) is 5.91 Å². The van der Waals surface area contributed by atoms with Gasteiger partial charge in [-0.1, -0.05) is 18.5 Å². The van der Waals surface area contributed by atoms with Crippen molar-refractivity contribution >= 4 is 56.4 Å². The lowest BCUT2D eigenvalue weighted by molar-refractivity contribution is 0.0950. The van der Waals surface area contributed by atoms with Crippen molar-refractivity contribution in [2.45, 2.75) is 26.4 Å². The predicted octanol–water partition coefficient (Wildman–Crippen LogP) is 3.96. The van der Waals surface area contributed by atoms with Gasteiger partial charge >= 0.3 is 0 Å². The molecule has 10 nitrogen and oxygen atoms in total. The van der Waals surface area contributed by atoms with Gasteiger partial charge in [-0.25, -0.2) is 19.9 Å². The van der Waals surface area contributed by atoms with Crippen molar-refractivity contribution in [1.82, 2.24) is 39.8 Å². The summed E-state index contributed by atoms with van der Waals surface area (Å²) in [6.45, 7) is 2.86. The Balaban J connectivity index is 1.24. The molecule has 0 aliphatic carbocycles. The van der Waals surface area contributed by atoms with Gasteiger partial charge in [0.05, 0.1) is 36.0 Å². The standard InChI is InChI=1S/C25H22ClN9O/c1-2-20-33-18-4-3-13(8-19(18)34-20)25(36)28-9-17-7-14-5-16(26)6-15(21(14)32-17)10-35-12-31-22-23(27)29-11-30-24(22)35/h3-8,11-12,32H,2,9-10H2,1H3,(H,28,36)(H,33,34)(H2,27,29,30). The molecule has 0 aliphatic rings. The number of carbonyl (C=O) groups is 1. The van der Waals surface area contributed by atoms with Crippen molar-refractivity contribution in [3.8, 4) is 0 Å². The Morgan fingerprint density at radius 2 is 2.03 bits per heavy atom. The van der Waals surface area contributed by atoms with E-state index >= 15 is 0 Å². The number of benzene rings is 2. The highest BCUT2D eigenvalue weighted by molar-refractivity contribution is 6.31. The zero-order chi connectivity index (χ0) is 24.8. The minimum Gasteiger partial charge on any atom is -0.382 e. The summed E-state index contributed by atoms with van der Waals surface area (Å²) in [6, 6.07) is 11.3. The van der Waals surface area contributed by atoms with E-state index in [1.165, 1.54) is 6.33 Å². The van der Waals surface area contributed by atoms with Crippen LogP contribution in [0.4, 0.5) is 5.82 Å². The van der Waals surface area contributed by atoms with Crippen molar-refractivity contribution in [3.05, 3.63) is 76.7 Å². The van der Waals surface area contributed by atoms with Gasteiger partial charge in [-0.3, -0.25) is 4.79 Å². The first kappa shape index (κ1) is 22.1. The molecule has 0 bridgehead atoms. The minimum absolute atomic E-state index is 0.163. The molecule has 5 N–H and O–H groups in total. The fourth-order valence-corrected chi connectivity index (χ4v) is 4.65. The number of aromatic amines is 2. The highest BCUT2D eigenvalue weighted by atomic mass is 35.5. The van der Waals surface area contributed by atoms with Gasteiger partial charge in [-0.15, -0.1) is 0 Å². The van der Waals surface area contributed by atoms with Crippen LogP contribution in [0.25, 0.3) is 33.1 Å². The van der Waals surface area contributed by atoms with Gasteiger partial charge in [0.25, 0.3) is 5.91 Å². The predicted molar refractivity (Wildman–Crippen MR) is 139 cm³/mol. The maximum absolute atomic E-state index is 12.8. The zero-order valence-electron chi connectivity index (χ0n) is 19.3. The minimum atomic E-state index is -0.163. The van der Waals surface area contributed by atoms with Crippen LogP contribution in [0, 0.1) is 0 Å². The van der Waals surface area contributed by atoms with Gasteiger partial charge in [-0.2, -0.15) is 0 Å². The Morgan fingerprint density at radius 3 is 2.89 bits per heavy atom. The Morgan fingerprint density at radius 1 is 1.14 bits per heavy atom. The molecule has 11 heteroatoms. The quantitative estimate of drug-likeness (QED) is 0.273. The maximum Gasteiger partial charge on any atom is 0.251 e. The number of rotatable bonds is 6. The topological polar surface area (TPSA) is 143 Å². The summed E-state index contributed by atoms with van der Waals surface area (Å²) in [7, 11) is 0. The average Bonchev–Trinajstić information content (AvgIpc) is 3.59. The fraction of sp³-hybridized carbons (Fsp3) is 0.160. The van der Waals surface area contributed by atoms with Gasteiger partial charge in [0.1, 0.15) is 17.7 Å². The number of fused-ring (bicyclic) bond motifs is 3. The van der Waals surface area contributed by atoms with Gasteiger partial charge in [0, 0.05) is 28.1 Å². The number of aromatic nitrogens is 7. The molecule has 0 aliphatic heterocycles. The third-order valence-electron chi connectivity index (χ3n) is 6.17. The largest absolute Gasteiger partial charge is 0.382 e. The number of nitrogens with zero attached hydrogens (tertiary/aromatic N) is 5. The molecule has 0 spiro atoms.